The molecule has 0 radical (unpaired) electrons. The first-order valence-electron chi connectivity index (χ1n) is 9.63. The van der Waals surface area contributed by atoms with Crippen LogP contribution in [0.2, 0.25) is 0 Å². The highest BCUT2D eigenvalue weighted by Gasteiger charge is 2.18. The number of nitrogens with one attached hydrogen (secondary N) is 2. The van der Waals surface area contributed by atoms with Crippen LogP contribution in [0.1, 0.15) is 44.4 Å². The van der Waals surface area contributed by atoms with Crippen LogP contribution in [0.3, 0.4) is 0 Å². The fourth-order valence-electron chi connectivity index (χ4n) is 3.21. The van der Waals surface area contributed by atoms with Crippen molar-refractivity contribution in [3.63, 3.8) is 0 Å². The van der Waals surface area contributed by atoms with Gasteiger partial charge >= 0.3 is 0 Å². The highest BCUT2D eigenvalue weighted by Crippen LogP contribution is 2.23. The van der Waals surface area contributed by atoms with Gasteiger partial charge in [0.1, 0.15) is 0 Å². The molecule has 1 atom stereocenters. The molecule has 0 heterocycles. The van der Waals surface area contributed by atoms with Crippen molar-refractivity contribution in [2.75, 3.05) is 18.1 Å². The van der Waals surface area contributed by atoms with Crippen molar-refractivity contribution in [2.45, 2.75) is 44.6 Å². The first-order chi connectivity index (χ1) is 13.2. The summed E-state index contributed by atoms with van der Waals surface area (Å²) in [6.07, 6.45) is 3.30. The molecule has 2 aromatic carbocycles. The van der Waals surface area contributed by atoms with E-state index in [1.165, 1.54) is 11.6 Å². The number of aryl methyl sites for hydroxylation is 1. The van der Waals surface area contributed by atoms with E-state index >= 15 is 0 Å². The lowest BCUT2D eigenvalue weighted by Gasteiger charge is -2.23. The molecule has 0 fully saturated rings. The number of hydrogen-bond donors (Lipinski definition) is 2. The summed E-state index contributed by atoms with van der Waals surface area (Å²) >= 11 is 0. The van der Waals surface area contributed by atoms with E-state index in [2.05, 4.69) is 55.7 Å². The van der Waals surface area contributed by atoms with Crippen LogP contribution >= 0.6 is 0 Å². The molecule has 2 rings (SSSR count). The number of carbonyl (C=O) groups is 1. The van der Waals surface area contributed by atoms with E-state index < -0.39 is 9.84 Å². The Kier molecular flexibility index (Phi) is 7.78. The number of para-hydroxylation sites is 1. The maximum Gasteiger partial charge on any atom is 0.238 e. The van der Waals surface area contributed by atoms with Gasteiger partial charge in [0.15, 0.2) is 9.84 Å². The standard InChI is InChI=1S/C22H30N2O3S/c1-5-8-17-11-13-18(14-12-17)22(16(2)3)23-15-21(25)24-19-9-6-7-10-20(19)28(4,26)27/h6-7,9-14,16,22-23H,5,8,15H2,1-4H3,(H,24,25)/t22-/m1/s1. The molecule has 5 nitrogen and oxygen atoms in total. The maximum absolute atomic E-state index is 12.4. The van der Waals surface area contributed by atoms with Crippen molar-refractivity contribution < 1.29 is 13.2 Å². The normalized spacial score (nSPS) is 12.8. The van der Waals surface area contributed by atoms with Gasteiger partial charge in [0.25, 0.3) is 0 Å². The molecule has 6 heteroatoms. The summed E-state index contributed by atoms with van der Waals surface area (Å²) in [5.74, 6) is 0.0254. The van der Waals surface area contributed by atoms with Crippen molar-refractivity contribution in [3.05, 3.63) is 59.7 Å². The van der Waals surface area contributed by atoms with Gasteiger partial charge in [-0.25, -0.2) is 8.42 Å². The van der Waals surface area contributed by atoms with Crippen molar-refractivity contribution in [3.8, 4) is 0 Å². The van der Waals surface area contributed by atoms with Gasteiger partial charge < -0.3 is 10.6 Å². The smallest absolute Gasteiger partial charge is 0.238 e. The third kappa shape index (κ3) is 6.17. The largest absolute Gasteiger partial charge is 0.324 e. The van der Waals surface area contributed by atoms with E-state index in [0.717, 1.165) is 24.7 Å². The van der Waals surface area contributed by atoms with Crippen LogP contribution in [0.15, 0.2) is 53.4 Å². The topological polar surface area (TPSA) is 75.3 Å². The lowest BCUT2D eigenvalue weighted by Crippen LogP contribution is -2.33. The van der Waals surface area contributed by atoms with Gasteiger partial charge in [-0.3, -0.25) is 4.79 Å². The van der Waals surface area contributed by atoms with Crippen LogP contribution in [0.25, 0.3) is 0 Å². The van der Waals surface area contributed by atoms with Crippen LogP contribution in [-0.4, -0.2) is 27.1 Å². The van der Waals surface area contributed by atoms with Gasteiger partial charge in [0.05, 0.1) is 17.1 Å². The fourth-order valence-corrected chi connectivity index (χ4v) is 4.05. The second-order valence-electron chi connectivity index (χ2n) is 7.41. The quantitative estimate of drug-likeness (QED) is 0.665. The number of hydrogen-bond acceptors (Lipinski definition) is 4. The van der Waals surface area contributed by atoms with Gasteiger partial charge in [0.2, 0.25) is 5.91 Å². The van der Waals surface area contributed by atoms with Crippen molar-refractivity contribution in [1.29, 1.82) is 0 Å². The van der Waals surface area contributed by atoms with Gasteiger partial charge in [-0.1, -0.05) is 63.6 Å². The summed E-state index contributed by atoms with van der Waals surface area (Å²) in [5.41, 5.74) is 2.75. The van der Waals surface area contributed by atoms with Gasteiger partial charge in [-0.05, 0) is 35.6 Å². The van der Waals surface area contributed by atoms with Crippen LogP contribution in [0, 0.1) is 5.92 Å². The number of anilines is 1. The summed E-state index contributed by atoms with van der Waals surface area (Å²) in [4.78, 5) is 12.5. The van der Waals surface area contributed by atoms with Crippen molar-refractivity contribution in [1.82, 2.24) is 5.32 Å². The maximum atomic E-state index is 12.4. The Balaban J connectivity index is 2.05. The Bertz CT molecular complexity index is 890. The first-order valence-corrected chi connectivity index (χ1v) is 11.5. The molecule has 0 unspecified atom stereocenters. The molecule has 28 heavy (non-hydrogen) atoms. The molecule has 0 aliphatic carbocycles. The molecule has 2 N–H and O–H groups in total. The minimum Gasteiger partial charge on any atom is -0.324 e. The Labute approximate surface area is 168 Å². The molecular formula is C22H30N2O3S. The SMILES string of the molecule is CCCc1ccc([C@H](NCC(=O)Nc2ccccc2S(C)(=O)=O)C(C)C)cc1. The summed E-state index contributed by atoms with van der Waals surface area (Å²) < 4.78 is 23.8. The molecule has 0 aliphatic heterocycles. The zero-order valence-electron chi connectivity index (χ0n) is 17.0. The lowest BCUT2D eigenvalue weighted by atomic mass is 9.94. The van der Waals surface area contributed by atoms with Gasteiger partial charge in [0, 0.05) is 12.3 Å². The third-order valence-electron chi connectivity index (χ3n) is 4.59. The van der Waals surface area contributed by atoms with Crippen molar-refractivity contribution >= 4 is 21.4 Å². The molecule has 152 valence electrons. The van der Waals surface area contributed by atoms with E-state index in [0.29, 0.717) is 11.6 Å². The fraction of sp³-hybridized carbons (Fsp3) is 0.409. The second kappa shape index (κ2) is 9.85. The van der Waals surface area contributed by atoms with E-state index in [-0.39, 0.29) is 23.4 Å². The molecule has 1 amide bonds. The van der Waals surface area contributed by atoms with E-state index in [1.54, 1.807) is 18.2 Å². The summed E-state index contributed by atoms with van der Waals surface area (Å²) in [6, 6.07) is 15.0. The van der Waals surface area contributed by atoms with E-state index in [1.807, 2.05) is 0 Å². The molecular weight excluding hydrogens is 372 g/mol. The minimum absolute atomic E-state index is 0.0339. The molecule has 0 aromatic heterocycles. The van der Waals surface area contributed by atoms with Crippen LogP contribution in [0.5, 0.6) is 0 Å². The Hall–Kier alpha value is -2.18. The predicted octanol–water partition coefficient (Wildman–Crippen LogP) is 3.97. The Morgan fingerprint density at radius 3 is 2.25 bits per heavy atom. The minimum atomic E-state index is -3.41. The van der Waals surface area contributed by atoms with Gasteiger partial charge in [-0.2, -0.15) is 0 Å². The molecule has 0 bridgehead atoms. The summed E-state index contributed by atoms with van der Waals surface area (Å²) in [7, 11) is -3.41. The number of benzene rings is 2. The highest BCUT2D eigenvalue weighted by molar-refractivity contribution is 7.90. The summed E-state index contributed by atoms with van der Waals surface area (Å²) in [5, 5.41) is 6.01. The molecule has 2 aromatic rings. The first kappa shape index (κ1) is 22.1. The monoisotopic (exact) mass is 402 g/mol. The molecule has 0 spiro atoms. The molecule has 0 aliphatic rings. The zero-order valence-corrected chi connectivity index (χ0v) is 17.8. The van der Waals surface area contributed by atoms with Gasteiger partial charge in [-0.15, -0.1) is 0 Å². The number of amides is 1. The van der Waals surface area contributed by atoms with E-state index in [4.69, 9.17) is 0 Å². The Morgan fingerprint density at radius 1 is 1.04 bits per heavy atom. The van der Waals surface area contributed by atoms with E-state index in [9.17, 15) is 13.2 Å². The lowest BCUT2D eigenvalue weighted by molar-refractivity contribution is -0.115. The van der Waals surface area contributed by atoms with Crippen LogP contribution in [0.4, 0.5) is 5.69 Å². The second-order valence-corrected chi connectivity index (χ2v) is 9.39. The molecule has 0 saturated carbocycles. The average molecular weight is 403 g/mol. The number of sulfone groups is 1. The number of rotatable bonds is 9. The Morgan fingerprint density at radius 2 is 1.68 bits per heavy atom. The summed E-state index contributed by atoms with van der Waals surface area (Å²) in [6.45, 7) is 6.47. The van der Waals surface area contributed by atoms with Crippen LogP contribution < -0.4 is 10.6 Å². The third-order valence-corrected chi connectivity index (χ3v) is 5.74. The van der Waals surface area contributed by atoms with Crippen LogP contribution in [-0.2, 0) is 21.1 Å². The average Bonchev–Trinajstić information content (AvgIpc) is 2.63. The predicted molar refractivity (Wildman–Crippen MR) is 114 cm³/mol. The zero-order chi connectivity index (χ0) is 20.7. The molecule has 0 saturated heterocycles. The van der Waals surface area contributed by atoms with Crippen molar-refractivity contribution in [2.24, 2.45) is 5.92 Å². The number of carbonyl (C=O) groups excluding carboxylic acids is 1. The highest BCUT2D eigenvalue weighted by atomic mass is 32.2.